The predicted molar refractivity (Wildman–Crippen MR) is 87.0 cm³/mol. The summed E-state index contributed by atoms with van der Waals surface area (Å²) < 4.78 is 5.20. The Morgan fingerprint density at radius 1 is 1.05 bits per heavy atom. The number of aryl methyl sites for hydroxylation is 2. The zero-order valence-corrected chi connectivity index (χ0v) is 13.6. The smallest absolute Gasteiger partial charge is 0.408 e. The highest BCUT2D eigenvalue weighted by molar-refractivity contribution is 6.43. The quantitative estimate of drug-likeness (QED) is 0.739. The third-order valence-electron chi connectivity index (χ3n) is 2.94. The molecule has 0 saturated heterocycles. The molecular weight excluding hydrogens is 333 g/mol. The van der Waals surface area contributed by atoms with Crippen LogP contribution in [0.25, 0.3) is 0 Å². The van der Waals surface area contributed by atoms with Gasteiger partial charge in [0, 0.05) is 0 Å². The van der Waals surface area contributed by atoms with Crippen LogP contribution in [0, 0.1) is 13.8 Å². The van der Waals surface area contributed by atoms with E-state index in [1.807, 2.05) is 13.8 Å². The van der Waals surface area contributed by atoms with Crippen LogP contribution >= 0.6 is 34.8 Å². The number of amides is 1. The molecule has 0 aliphatic carbocycles. The van der Waals surface area contributed by atoms with Crippen molar-refractivity contribution in [1.29, 1.82) is 0 Å². The van der Waals surface area contributed by atoms with Gasteiger partial charge in [0.05, 0.1) is 20.8 Å². The molecule has 0 bridgehead atoms. The van der Waals surface area contributed by atoms with Crippen molar-refractivity contribution in [2.75, 3.05) is 5.32 Å². The summed E-state index contributed by atoms with van der Waals surface area (Å²) >= 11 is 17.9. The molecule has 2 rings (SSSR count). The maximum Gasteiger partial charge on any atom is 0.417 e. The lowest BCUT2D eigenvalue weighted by atomic mass is 10.1. The van der Waals surface area contributed by atoms with E-state index in [0.29, 0.717) is 15.7 Å². The maximum absolute atomic E-state index is 11.9. The van der Waals surface area contributed by atoms with E-state index < -0.39 is 6.09 Å². The van der Waals surface area contributed by atoms with Gasteiger partial charge in [0.15, 0.2) is 5.75 Å². The molecule has 0 fully saturated rings. The van der Waals surface area contributed by atoms with E-state index in [4.69, 9.17) is 39.5 Å². The highest BCUT2D eigenvalue weighted by atomic mass is 35.5. The summed E-state index contributed by atoms with van der Waals surface area (Å²) in [4.78, 5) is 11.9. The minimum Gasteiger partial charge on any atom is -0.408 e. The fraction of sp³-hybridized carbons (Fsp3) is 0.133. The second-order valence-corrected chi connectivity index (χ2v) is 5.68. The van der Waals surface area contributed by atoms with Gasteiger partial charge in [-0.15, -0.1) is 0 Å². The van der Waals surface area contributed by atoms with Gasteiger partial charge < -0.3 is 4.74 Å². The molecule has 0 heterocycles. The van der Waals surface area contributed by atoms with Crippen molar-refractivity contribution in [3.8, 4) is 5.75 Å². The lowest BCUT2D eigenvalue weighted by Gasteiger charge is -2.11. The van der Waals surface area contributed by atoms with Crippen LogP contribution in [0.15, 0.2) is 30.3 Å². The average molecular weight is 345 g/mol. The molecule has 0 radical (unpaired) electrons. The molecule has 0 unspecified atom stereocenters. The van der Waals surface area contributed by atoms with Crippen LogP contribution in [0.2, 0.25) is 15.1 Å². The zero-order chi connectivity index (χ0) is 15.6. The number of halogens is 3. The van der Waals surface area contributed by atoms with Gasteiger partial charge in [-0.25, -0.2) is 4.79 Å². The van der Waals surface area contributed by atoms with Gasteiger partial charge in [0.25, 0.3) is 0 Å². The SMILES string of the molecule is Cc1cc(Cl)c(OC(=O)Nc2cccc(Cl)c2Cl)cc1C. The molecular formula is C15H12Cl3NO2. The first-order valence-electron chi connectivity index (χ1n) is 6.08. The molecule has 0 spiro atoms. The van der Waals surface area contributed by atoms with Crippen LogP contribution in [0.5, 0.6) is 5.75 Å². The van der Waals surface area contributed by atoms with Gasteiger partial charge >= 0.3 is 6.09 Å². The van der Waals surface area contributed by atoms with E-state index in [1.165, 1.54) is 0 Å². The van der Waals surface area contributed by atoms with E-state index in [-0.39, 0.29) is 10.8 Å². The minimum absolute atomic E-state index is 0.252. The second kappa shape index (κ2) is 6.56. The monoisotopic (exact) mass is 343 g/mol. The average Bonchev–Trinajstić information content (AvgIpc) is 2.41. The van der Waals surface area contributed by atoms with Crippen LogP contribution < -0.4 is 10.1 Å². The Bertz CT molecular complexity index is 702. The molecule has 21 heavy (non-hydrogen) atoms. The van der Waals surface area contributed by atoms with Gasteiger partial charge in [-0.05, 0) is 49.2 Å². The van der Waals surface area contributed by atoms with Crippen molar-refractivity contribution in [3.05, 3.63) is 56.5 Å². The van der Waals surface area contributed by atoms with Crippen LogP contribution in [0.1, 0.15) is 11.1 Å². The summed E-state index contributed by atoms with van der Waals surface area (Å²) in [5.74, 6) is 0.287. The van der Waals surface area contributed by atoms with Crippen molar-refractivity contribution in [3.63, 3.8) is 0 Å². The van der Waals surface area contributed by atoms with Crippen molar-refractivity contribution in [2.24, 2.45) is 0 Å². The summed E-state index contributed by atoms with van der Waals surface area (Å²) in [6, 6.07) is 8.37. The molecule has 0 atom stereocenters. The number of nitrogens with one attached hydrogen (secondary N) is 1. The van der Waals surface area contributed by atoms with Gasteiger partial charge in [0.1, 0.15) is 0 Å². The number of rotatable bonds is 2. The van der Waals surface area contributed by atoms with E-state index in [2.05, 4.69) is 5.32 Å². The van der Waals surface area contributed by atoms with Crippen LogP contribution in [-0.4, -0.2) is 6.09 Å². The van der Waals surface area contributed by atoms with Crippen LogP contribution in [0.3, 0.4) is 0 Å². The van der Waals surface area contributed by atoms with Crippen LogP contribution in [0.4, 0.5) is 10.5 Å². The Morgan fingerprint density at radius 3 is 2.43 bits per heavy atom. The lowest BCUT2D eigenvalue weighted by molar-refractivity contribution is 0.215. The topological polar surface area (TPSA) is 38.3 Å². The summed E-state index contributed by atoms with van der Waals surface area (Å²) in [6.07, 6.45) is -0.690. The fourth-order valence-electron chi connectivity index (χ4n) is 1.67. The van der Waals surface area contributed by atoms with E-state index in [1.54, 1.807) is 30.3 Å². The van der Waals surface area contributed by atoms with Crippen LogP contribution in [-0.2, 0) is 0 Å². The largest absolute Gasteiger partial charge is 0.417 e. The first kappa shape index (κ1) is 16.0. The number of anilines is 1. The van der Waals surface area contributed by atoms with Crippen molar-refractivity contribution >= 4 is 46.6 Å². The van der Waals surface area contributed by atoms with Crippen molar-refractivity contribution < 1.29 is 9.53 Å². The molecule has 0 aromatic heterocycles. The molecule has 0 aliphatic heterocycles. The molecule has 2 aromatic carbocycles. The molecule has 3 nitrogen and oxygen atoms in total. The number of carbonyl (C=O) groups excluding carboxylic acids is 1. The Hall–Kier alpha value is -1.42. The first-order valence-corrected chi connectivity index (χ1v) is 7.21. The first-order chi connectivity index (χ1) is 9.88. The van der Waals surface area contributed by atoms with Crippen molar-refractivity contribution in [2.45, 2.75) is 13.8 Å². The number of ether oxygens (including phenoxy) is 1. The fourth-order valence-corrected chi connectivity index (χ4v) is 2.27. The Morgan fingerprint density at radius 2 is 1.71 bits per heavy atom. The minimum atomic E-state index is -0.690. The highest BCUT2D eigenvalue weighted by Gasteiger charge is 2.12. The number of carbonyl (C=O) groups is 1. The number of hydrogen-bond donors (Lipinski definition) is 1. The summed E-state index contributed by atoms with van der Waals surface area (Å²) in [7, 11) is 0. The molecule has 110 valence electrons. The summed E-state index contributed by atoms with van der Waals surface area (Å²) in [5.41, 5.74) is 2.36. The highest BCUT2D eigenvalue weighted by Crippen LogP contribution is 2.31. The Labute approximate surface area is 137 Å². The third-order valence-corrected chi connectivity index (χ3v) is 4.05. The van der Waals surface area contributed by atoms with Gasteiger partial charge in [-0.3, -0.25) is 5.32 Å². The lowest BCUT2D eigenvalue weighted by Crippen LogP contribution is -2.17. The summed E-state index contributed by atoms with van der Waals surface area (Å²) in [5, 5.41) is 3.49. The van der Waals surface area contributed by atoms with E-state index in [0.717, 1.165) is 11.1 Å². The Kier molecular flexibility index (Phi) is 4.99. The normalized spacial score (nSPS) is 10.3. The Balaban J connectivity index is 2.16. The van der Waals surface area contributed by atoms with E-state index in [9.17, 15) is 4.79 Å². The predicted octanol–water partition coefficient (Wildman–Crippen LogP) is 5.87. The summed E-state index contributed by atoms with van der Waals surface area (Å²) in [6.45, 7) is 3.83. The molecule has 1 amide bonds. The van der Waals surface area contributed by atoms with Gasteiger partial charge in [0.2, 0.25) is 0 Å². The van der Waals surface area contributed by atoms with Gasteiger partial charge in [-0.1, -0.05) is 40.9 Å². The second-order valence-electron chi connectivity index (χ2n) is 4.48. The van der Waals surface area contributed by atoms with Crippen molar-refractivity contribution in [1.82, 2.24) is 0 Å². The molecule has 6 heteroatoms. The number of hydrogen-bond acceptors (Lipinski definition) is 2. The third kappa shape index (κ3) is 3.82. The molecule has 2 aromatic rings. The standard InChI is InChI=1S/C15H12Cl3NO2/c1-8-6-11(17)13(7-9(8)2)21-15(20)19-12-5-3-4-10(16)14(12)18/h3-7H,1-2H3,(H,19,20). The molecule has 0 aliphatic rings. The molecule has 0 saturated carbocycles. The van der Waals surface area contributed by atoms with E-state index >= 15 is 0 Å². The number of benzene rings is 2. The maximum atomic E-state index is 11.9. The van der Waals surface area contributed by atoms with Gasteiger partial charge in [-0.2, -0.15) is 0 Å². The molecule has 1 N–H and O–H groups in total. The zero-order valence-electron chi connectivity index (χ0n) is 11.3.